The van der Waals surface area contributed by atoms with Gasteiger partial charge in [0.25, 0.3) is 5.91 Å². The van der Waals surface area contributed by atoms with Crippen LogP contribution in [-0.2, 0) is 17.5 Å². The Morgan fingerprint density at radius 3 is 2.13 bits per heavy atom. The molecule has 0 spiro atoms. The van der Waals surface area contributed by atoms with E-state index >= 15 is 0 Å². The van der Waals surface area contributed by atoms with E-state index < -0.39 is 41.9 Å². The number of nitrogens with zero attached hydrogens (tertiary/aromatic N) is 4. The van der Waals surface area contributed by atoms with Crippen molar-refractivity contribution >= 4 is 34.4 Å². The molecule has 9 nitrogen and oxygen atoms in total. The number of rotatable bonds is 6. The summed E-state index contributed by atoms with van der Waals surface area (Å²) < 4.78 is 115. The van der Waals surface area contributed by atoms with E-state index in [4.69, 9.17) is 9.90 Å². The Hall–Kier alpha value is -5.03. The summed E-state index contributed by atoms with van der Waals surface area (Å²) in [4.78, 5) is 32.4. The summed E-state index contributed by atoms with van der Waals surface area (Å²) in [5.41, 5.74) is -0.320. The highest BCUT2D eigenvalue weighted by Crippen LogP contribution is 2.32. The number of carbonyl (C=O) groups is 2. The van der Waals surface area contributed by atoms with Crippen LogP contribution < -0.4 is 15.0 Å². The van der Waals surface area contributed by atoms with E-state index in [-0.39, 0.29) is 23.3 Å². The molecule has 5 rings (SSSR count). The molecule has 1 aliphatic heterocycles. The smallest absolute Gasteiger partial charge is 0.475 e. The van der Waals surface area contributed by atoms with Crippen molar-refractivity contribution in [3.05, 3.63) is 77.7 Å². The molecule has 0 saturated carbocycles. The molecular weight excluding hydrogens is 629 g/mol. The molecule has 2 N–H and O–H groups in total. The molecule has 3 aromatic heterocycles. The molecule has 18 heteroatoms. The third-order valence-electron chi connectivity index (χ3n) is 6.19. The van der Waals surface area contributed by atoms with Gasteiger partial charge in [0, 0.05) is 31.2 Å². The summed E-state index contributed by atoms with van der Waals surface area (Å²) in [5, 5.41) is 9.84. The number of pyridine rings is 2. The van der Waals surface area contributed by atoms with E-state index in [0.29, 0.717) is 17.4 Å². The minimum absolute atomic E-state index is 0.0407. The first-order valence-electron chi connectivity index (χ1n) is 12.6. The van der Waals surface area contributed by atoms with Gasteiger partial charge in [0.2, 0.25) is 0 Å². The van der Waals surface area contributed by atoms with E-state index in [0.717, 1.165) is 43.5 Å². The van der Waals surface area contributed by atoms with Gasteiger partial charge in [-0.3, -0.25) is 4.79 Å². The number of amides is 1. The van der Waals surface area contributed by atoms with Gasteiger partial charge in [-0.2, -0.15) is 26.3 Å². The van der Waals surface area contributed by atoms with Gasteiger partial charge in [-0.1, -0.05) is 12.1 Å². The highest BCUT2D eigenvalue weighted by molar-refractivity contribution is 6.06. The molecule has 0 aliphatic carbocycles. The van der Waals surface area contributed by atoms with Crippen LogP contribution in [0, 0.1) is 0 Å². The maximum absolute atomic E-state index is 13.3. The second-order valence-corrected chi connectivity index (χ2v) is 9.45. The first-order valence-corrected chi connectivity index (χ1v) is 12.6. The number of aliphatic carboxylic acids is 1. The molecule has 1 fully saturated rings. The third kappa shape index (κ3) is 8.54. The minimum atomic E-state index is -5.08. The SMILES string of the molecule is O=C(Nc1ccc(N2CCC2)nc1)c1cc2cc(C(F)(F)F)cnc2n1Cc1cccc(OC(F)(F)F)c1.O=C(O)C(F)(F)F. The van der Waals surface area contributed by atoms with Gasteiger partial charge >= 0.3 is 24.7 Å². The molecule has 45 heavy (non-hydrogen) atoms. The number of ether oxygens (including phenoxy) is 1. The number of carboxylic acid groups (broad SMARTS) is 1. The lowest BCUT2D eigenvalue weighted by atomic mass is 10.2. The molecule has 4 heterocycles. The first kappa shape index (κ1) is 32.9. The van der Waals surface area contributed by atoms with Crippen LogP contribution in [0.15, 0.2) is 60.9 Å². The molecule has 1 aromatic carbocycles. The van der Waals surface area contributed by atoms with E-state index in [9.17, 15) is 44.3 Å². The fourth-order valence-corrected chi connectivity index (χ4v) is 4.06. The molecule has 0 atom stereocenters. The normalized spacial score (nSPS) is 13.5. The number of anilines is 2. The van der Waals surface area contributed by atoms with Crippen molar-refractivity contribution in [3.8, 4) is 5.75 Å². The van der Waals surface area contributed by atoms with Gasteiger partial charge in [-0.25, -0.2) is 14.8 Å². The fourth-order valence-electron chi connectivity index (χ4n) is 4.06. The zero-order chi connectivity index (χ0) is 33.2. The summed E-state index contributed by atoms with van der Waals surface area (Å²) in [7, 11) is 0. The molecule has 0 unspecified atom stereocenters. The molecule has 4 aromatic rings. The van der Waals surface area contributed by atoms with Crippen LogP contribution in [0.1, 0.15) is 28.0 Å². The number of carbonyl (C=O) groups excluding carboxylic acids is 1. The van der Waals surface area contributed by atoms with Crippen molar-refractivity contribution in [3.63, 3.8) is 0 Å². The van der Waals surface area contributed by atoms with Crippen molar-refractivity contribution in [2.75, 3.05) is 23.3 Å². The monoisotopic (exact) mass is 649 g/mol. The quantitative estimate of drug-likeness (QED) is 0.230. The van der Waals surface area contributed by atoms with Crippen LogP contribution in [0.25, 0.3) is 11.0 Å². The van der Waals surface area contributed by atoms with E-state index in [1.165, 1.54) is 29.0 Å². The number of fused-ring (bicyclic) bond motifs is 1. The first-order chi connectivity index (χ1) is 20.9. The predicted octanol–water partition coefficient (Wildman–Crippen LogP) is 6.49. The van der Waals surface area contributed by atoms with E-state index in [1.54, 1.807) is 12.1 Å². The highest BCUT2D eigenvalue weighted by atomic mass is 19.4. The summed E-state index contributed by atoms with van der Waals surface area (Å²) in [6, 6.07) is 10.6. The Labute approximate surface area is 246 Å². The average molecular weight is 649 g/mol. The predicted molar refractivity (Wildman–Crippen MR) is 140 cm³/mol. The number of hydrogen-bond donors (Lipinski definition) is 2. The maximum atomic E-state index is 13.3. The van der Waals surface area contributed by atoms with Crippen LogP contribution in [0.5, 0.6) is 5.75 Å². The Kier molecular flexibility index (Phi) is 9.15. The Morgan fingerprint density at radius 1 is 0.911 bits per heavy atom. The number of carboxylic acids is 1. The van der Waals surface area contributed by atoms with Crippen LogP contribution >= 0.6 is 0 Å². The van der Waals surface area contributed by atoms with Crippen molar-refractivity contribution in [2.24, 2.45) is 0 Å². The molecule has 1 amide bonds. The molecular formula is C27H20F9N5O4. The topological polar surface area (TPSA) is 110 Å². The lowest BCUT2D eigenvalue weighted by molar-refractivity contribution is -0.274. The van der Waals surface area contributed by atoms with Gasteiger partial charge in [0.15, 0.2) is 0 Å². The van der Waals surface area contributed by atoms with E-state index in [2.05, 4.69) is 24.9 Å². The molecule has 1 saturated heterocycles. The summed E-state index contributed by atoms with van der Waals surface area (Å²) in [5.74, 6) is -3.13. The molecule has 0 radical (unpaired) electrons. The number of aromatic nitrogens is 3. The van der Waals surface area contributed by atoms with Gasteiger partial charge in [0.1, 0.15) is 22.9 Å². The van der Waals surface area contributed by atoms with Gasteiger partial charge in [-0.05, 0) is 48.4 Å². The number of halogens is 9. The van der Waals surface area contributed by atoms with Crippen molar-refractivity contribution in [1.82, 2.24) is 14.5 Å². The van der Waals surface area contributed by atoms with E-state index in [1.807, 2.05) is 0 Å². The summed E-state index contributed by atoms with van der Waals surface area (Å²) >= 11 is 0. The zero-order valence-corrected chi connectivity index (χ0v) is 22.5. The van der Waals surface area contributed by atoms with Crippen molar-refractivity contribution < 1.29 is 58.9 Å². The largest absolute Gasteiger partial charge is 0.573 e. The lowest BCUT2D eigenvalue weighted by Gasteiger charge is -2.31. The van der Waals surface area contributed by atoms with Crippen LogP contribution in [0.2, 0.25) is 0 Å². The van der Waals surface area contributed by atoms with Gasteiger partial charge in [-0.15, -0.1) is 13.2 Å². The highest BCUT2D eigenvalue weighted by Gasteiger charge is 2.38. The maximum Gasteiger partial charge on any atom is 0.573 e. The van der Waals surface area contributed by atoms with Gasteiger partial charge in [0.05, 0.1) is 17.4 Å². The Morgan fingerprint density at radius 2 is 1.60 bits per heavy atom. The Balaban J connectivity index is 0.000000591. The van der Waals surface area contributed by atoms with Crippen LogP contribution in [0.4, 0.5) is 51.0 Å². The van der Waals surface area contributed by atoms with Crippen LogP contribution in [-0.4, -0.2) is 57.1 Å². The second-order valence-electron chi connectivity index (χ2n) is 9.45. The minimum Gasteiger partial charge on any atom is -0.475 e. The van der Waals surface area contributed by atoms with Gasteiger partial charge < -0.3 is 24.6 Å². The lowest BCUT2D eigenvalue weighted by Crippen LogP contribution is -2.37. The molecule has 0 bridgehead atoms. The summed E-state index contributed by atoms with van der Waals surface area (Å²) in [6.45, 7) is 1.62. The zero-order valence-electron chi connectivity index (χ0n) is 22.5. The van der Waals surface area contributed by atoms with Crippen molar-refractivity contribution in [1.29, 1.82) is 0 Å². The standard InChI is InChI=1S/C25H19F6N5O2.C2HF3O2/c26-24(27,28)17-10-16-11-20(23(37)34-18-5-6-21(32-13-18)35-7-2-8-35)36(22(16)33-12-17)14-15-3-1-4-19(9-15)38-25(29,30)31;3-2(4,5)1(6)7/h1,3-6,9-13H,2,7-8,14H2,(H,34,37);(H,6,7). The fraction of sp³-hybridized carbons (Fsp3) is 0.259. The number of benzene rings is 1. The third-order valence-corrected chi connectivity index (χ3v) is 6.19. The number of hydrogen-bond acceptors (Lipinski definition) is 6. The Bertz CT molecular complexity index is 1680. The number of nitrogens with one attached hydrogen (secondary N) is 1. The second kappa shape index (κ2) is 12.5. The molecule has 240 valence electrons. The molecule has 1 aliphatic rings. The number of alkyl halides is 9. The van der Waals surface area contributed by atoms with Crippen LogP contribution in [0.3, 0.4) is 0 Å². The average Bonchev–Trinajstić information content (AvgIpc) is 3.25. The summed E-state index contributed by atoms with van der Waals surface area (Å²) in [6.07, 6.45) is -11.5. The van der Waals surface area contributed by atoms with Crippen molar-refractivity contribution in [2.45, 2.75) is 31.7 Å².